The first-order chi connectivity index (χ1) is 13.9. The first kappa shape index (κ1) is 18.6. The van der Waals surface area contributed by atoms with Crippen molar-refractivity contribution in [1.82, 2.24) is 14.5 Å². The Morgan fingerprint density at radius 1 is 1.03 bits per heavy atom. The van der Waals surface area contributed by atoms with Crippen LogP contribution >= 0.6 is 11.3 Å². The first-order valence-electron chi connectivity index (χ1n) is 8.79. The van der Waals surface area contributed by atoms with E-state index in [2.05, 4.69) is 20.6 Å². The number of hydrogen-bond donors (Lipinski definition) is 3. The zero-order valence-corrected chi connectivity index (χ0v) is 16.5. The molecule has 3 N–H and O–H groups in total. The molecule has 0 radical (unpaired) electrons. The van der Waals surface area contributed by atoms with Gasteiger partial charge in [-0.2, -0.15) is 0 Å². The monoisotopic (exact) mass is 407 g/mol. The van der Waals surface area contributed by atoms with Crippen molar-refractivity contribution < 1.29 is 4.79 Å². The van der Waals surface area contributed by atoms with Crippen molar-refractivity contribution in [3.63, 3.8) is 0 Å². The van der Waals surface area contributed by atoms with Crippen molar-refractivity contribution in [3.8, 4) is 5.69 Å². The van der Waals surface area contributed by atoms with E-state index in [0.29, 0.717) is 11.4 Å². The number of anilines is 2. The van der Waals surface area contributed by atoms with Crippen LogP contribution < -0.4 is 21.9 Å². The molecule has 2 amide bonds. The number of fused-ring (bicyclic) bond motifs is 1. The molecule has 0 saturated heterocycles. The minimum Gasteiger partial charge on any atom is -0.308 e. The highest BCUT2D eigenvalue weighted by molar-refractivity contribution is 7.22. The van der Waals surface area contributed by atoms with E-state index in [9.17, 15) is 14.4 Å². The van der Waals surface area contributed by atoms with Gasteiger partial charge in [-0.15, -0.1) is 0 Å². The number of aromatic nitrogens is 3. The fraction of sp³-hybridized carbons (Fsp3) is 0.100. The van der Waals surface area contributed by atoms with Crippen LogP contribution in [0.4, 0.5) is 15.6 Å². The number of H-pyrrole nitrogens is 1. The maximum atomic E-state index is 12.5. The van der Waals surface area contributed by atoms with Gasteiger partial charge < -0.3 is 5.32 Å². The number of aryl methyl sites for hydroxylation is 2. The first-order valence-corrected chi connectivity index (χ1v) is 9.60. The summed E-state index contributed by atoms with van der Waals surface area (Å²) in [6.45, 7) is 3.91. The lowest BCUT2D eigenvalue weighted by molar-refractivity contribution is 0.262. The molecule has 0 atom stereocenters. The van der Waals surface area contributed by atoms with E-state index in [4.69, 9.17) is 0 Å². The average molecular weight is 407 g/mol. The molecule has 0 aliphatic rings. The SMILES string of the molecule is Cc1ccc(-n2c(=O)[nH]c(=O)c3sc(NC(=O)Nc4ccccc4)nc32)cc1C. The third-order valence-electron chi connectivity index (χ3n) is 4.45. The number of para-hydroxylation sites is 1. The summed E-state index contributed by atoms with van der Waals surface area (Å²) in [5, 5.41) is 5.51. The Kier molecular flexibility index (Phi) is 4.73. The molecule has 0 unspecified atom stereocenters. The number of nitrogens with one attached hydrogen (secondary N) is 3. The second-order valence-electron chi connectivity index (χ2n) is 6.48. The number of carbonyl (C=O) groups is 1. The van der Waals surface area contributed by atoms with Crippen molar-refractivity contribution >= 4 is 38.5 Å². The Morgan fingerprint density at radius 3 is 2.52 bits per heavy atom. The summed E-state index contributed by atoms with van der Waals surface area (Å²) < 4.78 is 1.58. The molecule has 4 aromatic rings. The van der Waals surface area contributed by atoms with E-state index in [0.717, 1.165) is 22.5 Å². The van der Waals surface area contributed by atoms with Crippen molar-refractivity contribution in [3.05, 3.63) is 80.5 Å². The zero-order valence-electron chi connectivity index (χ0n) is 15.6. The van der Waals surface area contributed by atoms with Gasteiger partial charge in [0.2, 0.25) is 0 Å². The smallest absolute Gasteiger partial charge is 0.308 e. The van der Waals surface area contributed by atoms with Crippen LogP contribution in [0.2, 0.25) is 0 Å². The molecule has 4 rings (SSSR count). The summed E-state index contributed by atoms with van der Waals surface area (Å²) in [6.07, 6.45) is 0. The van der Waals surface area contributed by atoms with E-state index in [1.54, 1.807) is 30.3 Å². The number of aromatic amines is 1. The zero-order chi connectivity index (χ0) is 20.5. The van der Waals surface area contributed by atoms with Gasteiger partial charge in [-0.3, -0.25) is 15.1 Å². The van der Waals surface area contributed by atoms with Crippen molar-refractivity contribution in [2.75, 3.05) is 10.6 Å². The lowest BCUT2D eigenvalue weighted by atomic mass is 10.1. The van der Waals surface area contributed by atoms with Gasteiger partial charge in [0.05, 0.1) is 5.69 Å². The lowest BCUT2D eigenvalue weighted by Crippen LogP contribution is -2.28. The molecule has 2 heterocycles. The molecule has 0 aliphatic carbocycles. The fourth-order valence-corrected chi connectivity index (χ4v) is 3.70. The van der Waals surface area contributed by atoms with Crippen molar-refractivity contribution in [2.45, 2.75) is 13.8 Å². The average Bonchev–Trinajstić information content (AvgIpc) is 3.09. The third-order valence-corrected chi connectivity index (χ3v) is 5.41. The highest BCUT2D eigenvalue weighted by Crippen LogP contribution is 2.24. The van der Waals surface area contributed by atoms with Crippen LogP contribution in [0.3, 0.4) is 0 Å². The van der Waals surface area contributed by atoms with Crippen LogP contribution in [0, 0.1) is 13.8 Å². The quantitative estimate of drug-likeness (QED) is 0.484. The fourth-order valence-electron chi connectivity index (χ4n) is 2.86. The number of thiazole rings is 1. The van der Waals surface area contributed by atoms with Crippen LogP contribution in [0.1, 0.15) is 11.1 Å². The number of carbonyl (C=O) groups excluding carboxylic acids is 1. The van der Waals surface area contributed by atoms with E-state index in [1.807, 2.05) is 32.0 Å². The number of benzene rings is 2. The van der Waals surface area contributed by atoms with E-state index >= 15 is 0 Å². The highest BCUT2D eigenvalue weighted by atomic mass is 32.1. The number of nitrogens with zero attached hydrogens (tertiary/aromatic N) is 2. The van der Waals surface area contributed by atoms with Crippen LogP contribution in [-0.4, -0.2) is 20.6 Å². The van der Waals surface area contributed by atoms with E-state index in [1.165, 1.54) is 4.57 Å². The molecule has 0 bridgehead atoms. The van der Waals surface area contributed by atoms with E-state index < -0.39 is 17.3 Å². The number of rotatable bonds is 3. The lowest BCUT2D eigenvalue weighted by Gasteiger charge is -2.08. The van der Waals surface area contributed by atoms with Crippen molar-refractivity contribution in [1.29, 1.82) is 0 Å². The minimum absolute atomic E-state index is 0.196. The topological polar surface area (TPSA) is 109 Å². The Labute approximate surface area is 168 Å². The molecule has 0 fully saturated rings. The van der Waals surface area contributed by atoms with Crippen LogP contribution in [0.25, 0.3) is 16.0 Å². The molecule has 0 aliphatic heterocycles. The van der Waals surface area contributed by atoms with Crippen molar-refractivity contribution in [2.24, 2.45) is 0 Å². The molecular weight excluding hydrogens is 390 g/mol. The van der Waals surface area contributed by atoms with Crippen LogP contribution in [0.5, 0.6) is 0 Å². The molecule has 146 valence electrons. The standard InChI is InChI=1S/C20H17N5O3S/c1-11-8-9-14(10-12(11)2)25-16-15(17(26)23-20(25)28)29-19(22-16)24-18(27)21-13-6-4-3-5-7-13/h3-10H,1-2H3,(H,23,26,28)(H2,21,22,24,27). The number of hydrogen-bond acceptors (Lipinski definition) is 5. The summed E-state index contributed by atoms with van der Waals surface area (Å²) in [7, 11) is 0. The molecule has 9 heteroatoms. The molecule has 2 aromatic heterocycles. The molecule has 29 heavy (non-hydrogen) atoms. The predicted octanol–water partition coefficient (Wildman–Crippen LogP) is 3.40. The molecule has 8 nitrogen and oxygen atoms in total. The Balaban J connectivity index is 1.74. The van der Waals surface area contributed by atoms with Gasteiger partial charge in [-0.05, 0) is 49.2 Å². The maximum absolute atomic E-state index is 12.5. The number of amides is 2. The predicted molar refractivity (Wildman–Crippen MR) is 114 cm³/mol. The number of urea groups is 1. The normalized spacial score (nSPS) is 10.8. The van der Waals surface area contributed by atoms with Gasteiger partial charge in [-0.1, -0.05) is 35.6 Å². The summed E-state index contributed by atoms with van der Waals surface area (Å²) in [5.41, 5.74) is 2.36. The Hall–Kier alpha value is -3.72. The maximum Gasteiger partial charge on any atom is 0.334 e. The Morgan fingerprint density at radius 2 is 1.79 bits per heavy atom. The highest BCUT2D eigenvalue weighted by Gasteiger charge is 2.16. The van der Waals surface area contributed by atoms with Gasteiger partial charge >= 0.3 is 11.7 Å². The van der Waals surface area contributed by atoms with Gasteiger partial charge in [0.25, 0.3) is 5.56 Å². The summed E-state index contributed by atoms with van der Waals surface area (Å²) in [5.74, 6) is 0. The van der Waals surface area contributed by atoms with Gasteiger partial charge in [0.15, 0.2) is 10.8 Å². The third kappa shape index (κ3) is 3.67. The second-order valence-corrected chi connectivity index (χ2v) is 7.48. The Bertz CT molecular complexity index is 1340. The molecule has 0 saturated carbocycles. The molecule has 0 spiro atoms. The summed E-state index contributed by atoms with van der Waals surface area (Å²) in [4.78, 5) is 43.6. The second kappa shape index (κ2) is 7.36. The van der Waals surface area contributed by atoms with Gasteiger partial charge in [-0.25, -0.2) is 19.1 Å². The van der Waals surface area contributed by atoms with Crippen LogP contribution in [0.15, 0.2) is 58.1 Å². The summed E-state index contributed by atoms with van der Waals surface area (Å²) >= 11 is 1.00. The van der Waals surface area contributed by atoms with Crippen LogP contribution in [-0.2, 0) is 0 Å². The van der Waals surface area contributed by atoms with Gasteiger partial charge in [0.1, 0.15) is 4.70 Å². The molecule has 2 aromatic carbocycles. The van der Waals surface area contributed by atoms with E-state index in [-0.39, 0.29) is 15.5 Å². The van der Waals surface area contributed by atoms with Gasteiger partial charge in [0, 0.05) is 5.69 Å². The summed E-state index contributed by atoms with van der Waals surface area (Å²) in [6, 6.07) is 14.0. The minimum atomic E-state index is -0.587. The molecular formula is C20H17N5O3S. The largest absolute Gasteiger partial charge is 0.334 e.